The number of hydrogen-bond acceptors (Lipinski definition) is 4. The second-order valence-electron chi connectivity index (χ2n) is 4.38. The van der Waals surface area contributed by atoms with Gasteiger partial charge < -0.3 is 15.5 Å². The summed E-state index contributed by atoms with van der Waals surface area (Å²) in [7, 11) is 1.53. The molecule has 1 heterocycles. The maximum absolute atomic E-state index is 11.6. The molecule has 18 heavy (non-hydrogen) atoms. The third-order valence-corrected chi connectivity index (χ3v) is 2.69. The molecule has 0 bridgehead atoms. The maximum Gasteiger partial charge on any atom is 0.327 e. The number of amides is 4. The first-order chi connectivity index (χ1) is 8.45. The van der Waals surface area contributed by atoms with Crippen molar-refractivity contribution in [3.63, 3.8) is 0 Å². The average molecular weight is 256 g/mol. The van der Waals surface area contributed by atoms with Gasteiger partial charge in [0.25, 0.3) is 5.91 Å². The summed E-state index contributed by atoms with van der Waals surface area (Å²) in [6.07, 6.45) is 0. The molecule has 0 aromatic carbocycles. The summed E-state index contributed by atoms with van der Waals surface area (Å²) in [5.74, 6) is -0.658. The molecule has 102 valence electrons. The van der Waals surface area contributed by atoms with Crippen LogP contribution in [0.3, 0.4) is 0 Å². The van der Waals surface area contributed by atoms with E-state index in [9.17, 15) is 14.4 Å². The SMILES string of the molecule is CCN[C@H](C)CNC(=O)CN1C(=O)CN(C)C1=O. The van der Waals surface area contributed by atoms with Crippen LogP contribution in [0.5, 0.6) is 0 Å². The fraction of sp³-hybridized carbons (Fsp3) is 0.727. The summed E-state index contributed by atoms with van der Waals surface area (Å²) in [4.78, 5) is 36.8. The highest BCUT2D eigenvalue weighted by Crippen LogP contribution is 2.06. The summed E-state index contributed by atoms with van der Waals surface area (Å²) in [6.45, 7) is 5.06. The molecule has 0 spiro atoms. The highest BCUT2D eigenvalue weighted by molar-refractivity contribution is 6.04. The van der Waals surface area contributed by atoms with Gasteiger partial charge in [-0.25, -0.2) is 4.79 Å². The van der Waals surface area contributed by atoms with E-state index in [-0.39, 0.29) is 30.9 Å². The molecule has 4 amide bonds. The predicted octanol–water partition coefficient (Wildman–Crippen LogP) is -1.01. The lowest BCUT2D eigenvalue weighted by molar-refractivity contribution is -0.130. The van der Waals surface area contributed by atoms with E-state index >= 15 is 0 Å². The number of nitrogens with zero attached hydrogens (tertiary/aromatic N) is 2. The van der Waals surface area contributed by atoms with Crippen LogP contribution in [0, 0.1) is 0 Å². The van der Waals surface area contributed by atoms with Gasteiger partial charge in [-0.2, -0.15) is 0 Å². The van der Waals surface area contributed by atoms with Crippen LogP contribution in [0.15, 0.2) is 0 Å². The molecule has 7 nitrogen and oxygen atoms in total. The van der Waals surface area contributed by atoms with E-state index in [0.29, 0.717) is 6.54 Å². The fourth-order valence-corrected chi connectivity index (χ4v) is 1.71. The molecular weight excluding hydrogens is 236 g/mol. The number of carbonyl (C=O) groups is 3. The van der Waals surface area contributed by atoms with Gasteiger partial charge in [-0.15, -0.1) is 0 Å². The molecule has 0 unspecified atom stereocenters. The molecule has 1 saturated heterocycles. The Hall–Kier alpha value is -1.63. The molecule has 0 aliphatic carbocycles. The Morgan fingerprint density at radius 2 is 2.11 bits per heavy atom. The van der Waals surface area contributed by atoms with Crippen LogP contribution in [-0.4, -0.2) is 66.9 Å². The molecule has 2 N–H and O–H groups in total. The Labute approximate surface area is 106 Å². The van der Waals surface area contributed by atoms with Crippen molar-refractivity contribution < 1.29 is 14.4 Å². The molecule has 1 aliphatic heterocycles. The highest BCUT2D eigenvalue weighted by Gasteiger charge is 2.34. The van der Waals surface area contributed by atoms with Crippen molar-refractivity contribution in [2.75, 3.05) is 33.2 Å². The molecule has 0 saturated carbocycles. The summed E-state index contributed by atoms with van der Waals surface area (Å²) < 4.78 is 0. The molecule has 1 atom stereocenters. The third-order valence-electron chi connectivity index (χ3n) is 2.69. The maximum atomic E-state index is 11.6. The summed E-state index contributed by atoms with van der Waals surface area (Å²) in [5.41, 5.74) is 0. The topological polar surface area (TPSA) is 81.8 Å². The second kappa shape index (κ2) is 6.34. The van der Waals surface area contributed by atoms with Gasteiger partial charge in [-0.05, 0) is 13.5 Å². The van der Waals surface area contributed by atoms with Gasteiger partial charge in [0, 0.05) is 19.6 Å². The van der Waals surface area contributed by atoms with Crippen molar-refractivity contribution in [3.8, 4) is 0 Å². The van der Waals surface area contributed by atoms with Gasteiger partial charge >= 0.3 is 6.03 Å². The number of nitrogens with one attached hydrogen (secondary N) is 2. The van der Waals surface area contributed by atoms with Crippen molar-refractivity contribution in [1.82, 2.24) is 20.4 Å². The molecular formula is C11H20N4O3. The van der Waals surface area contributed by atoms with Gasteiger partial charge in [0.05, 0.1) is 0 Å². The molecule has 7 heteroatoms. The van der Waals surface area contributed by atoms with Gasteiger partial charge in [0.2, 0.25) is 5.91 Å². The van der Waals surface area contributed by atoms with E-state index in [1.54, 1.807) is 0 Å². The first-order valence-electron chi connectivity index (χ1n) is 6.01. The van der Waals surface area contributed by atoms with Crippen LogP contribution in [0.1, 0.15) is 13.8 Å². The Morgan fingerprint density at radius 3 is 2.61 bits per heavy atom. The van der Waals surface area contributed by atoms with E-state index < -0.39 is 6.03 Å². The average Bonchev–Trinajstić information content (AvgIpc) is 2.54. The number of rotatable bonds is 6. The Morgan fingerprint density at radius 1 is 1.44 bits per heavy atom. The van der Waals surface area contributed by atoms with E-state index in [1.807, 2.05) is 13.8 Å². The van der Waals surface area contributed by atoms with Crippen molar-refractivity contribution >= 4 is 17.8 Å². The normalized spacial score (nSPS) is 17.3. The number of likely N-dealkylation sites (N-methyl/N-ethyl adjacent to an activating group) is 2. The lowest BCUT2D eigenvalue weighted by atomic mass is 10.3. The van der Waals surface area contributed by atoms with Crippen LogP contribution >= 0.6 is 0 Å². The van der Waals surface area contributed by atoms with Gasteiger partial charge in [-0.3, -0.25) is 14.5 Å². The minimum Gasteiger partial charge on any atom is -0.353 e. The Bertz CT molecular complexity index is 345. The summed E-state index contributed by atoms with van der Waals surface area (Å²) in [6, 6.07) is -0.263. The number of hydrogen-bond donors (Lipinski definition) is 2. The van der Waals surface area contributed by atoms with Crippen LogP contribution in [-0.2, 0) is 9.59 Å². The first kappa shape index (κ1) is 14.4. The highest BCUT2D eigenvalue weighted by atomic mass is 16.2. The minimum absolute atomic E-state index is 0.0416. The molecule has 1 rings (SSSR count). The monoisotopic (exact) mass is 256 g/mol. The lowest BCUT2D eigenvalue weighted by Gasteiger charge is -2.16. The van der Waals surface area contributed by atoms with Gasteiger partial charge in [-0.1, -0.05) is 6.92 Å². The zero-order chi connectivity index (χ0) is 13.7. The van der Waals surface area contributed by atoms with Crippen LogP contribution in [0.4, 0.5) is 4.79 Å². The van der Waals surface area contributed by atoms with E-state index in [0.717, 1.165) is 11.4 Å². The standard InChI is InChI=1S/C11H20N4O3/c1-4-12-8(2)5-13-9(16)6-15-10(17)7-14(3)11(15)18/h8,12H,4-7H2,1-3H3,(H,13,16)/t8-/m1/s1. The zero-order valence-corrected chi connectivity index (χ0v) is 11.0. The van der Waals surface area contributed by atoms with Crippen LogP contribution < -0.4 is 10.6 Å². The molecule has 1 aliphatic rings. The molecule has 0 aromatic heterocycles. The van der Waals surface area contributed by atoms with Gasteiger partial charge in [0.15, 0.2) is 0 Å². The van der Waals surface area contributed by atoms with Crippen LogP contribution in [0.2, 0.25) is 0 Å². The lowest BCUT2D eigenvalue weighted by Crippen LogP contribution is -2.44. The fourth-order valence-electron chi connectivity index (χ4n) is 1.71. The predicted molar refractivity (Wildman–Crippen MR) is 65.9 cm³/mol. The Balaban J connectivity index is 2.36. The van der Waals surface area contributed by atoms with Gasteiger partial charge in [0.1, 0.15) is 13.1 Å². The largest absolute Gasteiger partial charge is 0.353 e. The van der Waals surface area contributed by atoms with Crippen LogP contribution in [0.25, 0.3) is 0 Å². The van der Waals surface area contributed by atoms with Crippen molar-refractivity contribution in [1.29, 1.82) is 0 Å². The van der Waals surface area contributed by atoms with Crippen molar-refractivity contribution in [2.24, 2.45) is 0 Å². The quantitative estimate of drug-likeness (QED) is 0.597. The first-order valence-corrected chi connectivity index (χ1v) is 6.01. The number of imide groups is 1. The Kier molecular flexibility index (Phi) is 5.08. The minimum atomic E-state index is -0.421. The molecule has 0 radical (unpaired) electrons. The van der Waals surface area contributed by atoms with Crippen molar-refractivity contribution in [2.45, 2.75) is 19.9 Å². The van der Waals surface area contributed by atoms with Crippen molar-refractivity contribution in [3.05, 3.63) is 0 Å². The smallest absolute Gasteiger partial charge is 0.327 e. The molecule has 0 aromatic rings. The zero-order valence-electron chi connectivity index (χ0n) is 11.0. The summed E-state index contributed by atoms with van der Waals surface area (Å²) >= 11 is 0. The van der Waals surface area contributed by atoms with E-state index in [1.165, 1.54) is 11.9 Å². The second-order valence-corrected chi connectivity index (χ2v) is 4.38. The van der Waals surface area contributed by atoms with E-state index in [4.69, 9.17) is 0 Å². The number of carbonyl (C=O) groups excluding carboxylic acids is 3. The van der Waals surface area contributed by atoms with E-state index in [2.05, 4.69) is 10.6 Å². The third kappa shape index (κ3) is 3.69. The number of urea groups is 1. The molecule has 1 fully saturated rings. The summed E-state index contributed by atoms with van der Waals surface area (Å²) in [5, 5.41) is 5.83.